The standard InChI is InChI=1S/C19H15Br2ClN2O6/c1-3-29-19(25)16-14(8-23-11-5-4-9(22)6-12(11)24(26)27)30-13-7-10(20)18(28-2)17(21)15(13)16/h4-7,23H,3,8H2,1-2H3. The highest BCUT2D eigenvalue weighted by atomic mass is 79.9. The van der Waals surface area contributed by atoms with Crippen molar-refractivity contribution in [3.05, 3.63) is 59.7 Å². The van der Waals surface area contributed by atoms with Gasteiger partial charge in [-0.3, -0.25) is 10.1 Å². The van der Waals surface area contributed by atoms with Crippen LogP contribution in [-0.2, 0) is 11.3 Å². The largest absolute Gasteiger partial charge is 0.494 e. The first-order valence-corrected chi connectivity index (χ1v) is 10.6. The van der Waals surface area contributed by atoms with E-state index in [9.17, 15) is 14.9 Å². The number of furan rings is 1. The van der Waals surface area contributed by atoms with Crippen LogP contribution >= 0.6 is 43.5 Å². The maximum absolute atomic E-state index is 12.7. The SMILES string of the molecule is CCOC(=O)c1c(CNc2ccc(Cl)cc2[N+](=O)[O-])oc2cc(Br)c(OC)c(Br)c12. The van der Waals surface area contributed by atoms with Crippen molar-refractivity contribution in [1.82, 2.24) is 0 Å². The van der Waals surface area contributed by atoms with E-state index in [1.807, 2.05) is 0 Å². The van der Waals surface area contributed by atoms with Crippen LogP contribution in [-0.4, -0.2) is 24.6 Å². The Bertz CT molecular complexity index is 1150. The third-order valence-corrected chi connectivity index (χ3v) is 5.76. The Morgan fingerprint density at radius 1 is 1.33 bits per heavy atom. The lowest BCUT2D eigenvalue weighted by Crippen LogP contribution is -2.10. The topological polar surface area (TPSA) is 104 Å². The van der Waals surface area contributed by atoms with Crippen LogP contribution in [0.15, 0.2) is 37.6 Å². The van der Waals surface area contributed by atoms with Crippen molar-refractivity contribution >= 4 is 71.8 Å². The molecule has 0 aliphatic rings. The maximum atomic E-state index is 12.7. The molecule has 0 amide bonds. The van der Waals surface area contributed by atoms with Crippen LogP contribution in [0.1, 0.15) is 23.0 Å². The van der Waals surface area contributed by atoms with E-state index in [0.717, 1.165) is 0 Å². The molecular weight excluding hydrogens is 547 g/mol. The van der Waals surface area contributed by atoms with Gasteiger partial charge in [0.2, 0.25) is 0 Å². The molecule has 0 atom stereocenters. The van der Waals surface area contributed by atoms with Gasteiger partial charge >= 0.3 is 5.97 Å². The lowest BCUT2D eigenvalue weighted by Gasteiger charge is -2.09. The summed E-state index contributed by atoms with van der Waals surface area (Å²) < 4.78 is 17.6. The molecule has 0 spiro atoms. The summed E-state index contributed by atoms with van der Waals surface area (Å²) in [5.41, 5.74) is 0.660. The average molecular weight is 563 g/mol. The van der Waals surface area contributed by atoms with Gasteiger partial charge in [-0.1, -0.05) is 11.6 Å². The van der Waals surface area contributed by atoms with E-state index in [1.54, 1.807) is 13.0 Å². The van der Waals surface area contributed by atoms with Crippen LogP contribution in [0.25, 0.3) is 11.0 Å². The van der Waals surface area contributed by atoms with Gasteiger partial charge in [0.15, 0.2) is 0 Å². The molecule has 3 rings (SSSR count). The van der Waals surface area contributed by atoms with Gasteiger partial charge in [-0.2, -0.15) is 0 Å². The van der Waals surface area contributed by atoms with Crippen LogP contribution in [0.3, 0.4) is 0 Å². The Morgan fingerprint density at radius 2 is 2.07 bits per heavy atom. The fraction of sp³-hybridized carbons (Fsp3) is 0.211. The summed E-state index contributed by atoms with van der Waals surface area (Å²) in [6, 6.07) is 5.94. The van der Waals surface area contributed by atoms with Crippen molar-refractivity contribution in [3.63, 3.8) is 0 Å². The van der Waals surface area contributed by atoms with E-state index in [4.69, 9.17) is 25.5 Å². The number of anilines is 1. The quantitative estimate of drug-likeness (QED) is 0.204. The van der Waals surface area contributed by atoms with E-state index in [-0.39, 0.29) is 40.9 Å². The number of benzene rings is 2. The molecule has 8 nitrogen and oxygen atoms in total. The highest BCUT2D eigenvalue weighted by molar-refractivity contribution is 9.11. The van der Waals surface area contributed by atoms with E-state index in [2.05, 4.69) is 37.2 Å². The van der Waals surface area contributed by atoms with Crippen LogP contribution in [0.5, 0.6) is 5.75 Å². The van der Waals surface area contributed by atoms with Gasteiger partial charge in [0, 0.05) is 11.1 Å². The van der Waals surface area contributed by atoms with Crippen LogP contribution in [0.4, 0.5) is 11.4 Å². The molecule has 0 unspecified atom stereocenters. The summed E-state index contributed by atoms with van der Waals surface area (Å²) in [5.74, 6) is 0.166. The fourth-order valence-corrected chi connectivity index (χ4v) is 4.70. The first-order valence-electron chi connectivity index (χ1n) is 8.60. The molecule has 1 aromatic heterocycles. The Kier molecular flexibility index (Phi) is 6.89. The lowest BCUT2D eigenvalue weighted by atomic mass is 10.1. The number of esters is 1. The zero-order chi connectivity index (χ0) is 22.0. The molecule has 1 heterocycles. The molecule has 0 fully saturated rings. The van der Waals surface area contributed by atoms with Crippen molar-refractivity contribution < 1.29 is 23.6 Å². The summed E-state index contributed by atoms with van der Waals surface area (Å²) in [6.45, 7) is 1.87. The molecule has 158 valence electrons. The van der Waals surface area contributed by atoms with E-state index in [1.165, 1.54) is 25.3 Å². The molecule has 0 saturated carbocycles. The van der Waals surface area contributed by atoms with E-state index in [0.29, 0.717) is 25.7 Å². The maximum Gasteiger partial charge on any atom is 0.342 e. The zero-order valence-corrected chi connectivity index (χ0v) is 19.7. The molecule has 11 heteroatoms. The number of hydrogen-bond donors (Lipinski definition) is 1. The number of halogens is 3. The minimum Gasteiger partial charge on any atom is -0.494 e. The van der Waals surface area contributed by atoms with Gasteiger partial charge in [0.25, 0.3) is 5.69 Å². The van der Waals surface area contributed by atoms with Crippen molar-refractivity contribution in [2.45, 2.75) is 13.5 Å². The van der Waals surface area contributed by atoms with Crippen LogP contribution < -0.4 is 10.1 Å². The molecule has 1 N–H and O–H groups in total. The summed E-state index contributed by atoms with van der Waals surface area (Å²) in [6.07, 6.45) is 0. The van der Waals surface area contributed by atoms with Crippen LogP contribution in [0, 0.1) is 10.1 Å². The lowest BCUT2D eigenvalue weighted by molar-refractivity contribution is -0.383. The smallest absolute Gasteiger partial charge is 0.342 e. The minimum absolute atomic E-state index is 0.00231. The summed E-state index contributed by atoms with van der Waals surface area (Å²) in [5, 5.41) is 15.0. The van der Waals surface area contributed by atoms with E-state index >= 15 is 0 Å². The van der Waals surface area contributed by atoms with Gasteiger partial charge in [0.05, 0.1) is 39.5 Å². The normalized spacial score (nSPS) is 10.8. The van der Waals surface area contributed by atoms with Crippen LogP contribution in [0.2, 0.25) is 5.02 Å². The van der Waals surface area contributed by atoms with Gasteiger partial charge < -0.3 is 19.2 Å². The predicted octanol–water partition coefficient (Wildman–Crippen LogP) is 6.32. The van der Waals surface area contributed by atoms with Crippen molar-refractivity contribution in [2.75, 3.05) is 19.0 Å². The summed E-state index contributed by atoms with van der Waals surface area (Å²) in [7, 11) is 1.50. The number of nitrogens with zero attached hydrogens (tertiary/aromatic N) is 1. The number of methoxy groups -OCH3 is 1. The molecular formula is C19H15Br2ClN2O6. The summed E-state index contributed by atoms with van der Waals surface area (Å²) in [4.78, 5) is 23.5. The highest BCUT2D eigenvalue weighted by Crippen LogP contribution is 2.43. The Labute approximate surface area is 192 Å². The molecule has 0 radical (unpaired) electrons. The number of carbonyl (C=O) groups is 1. The minimum atomic E-state index is -0.580. The van der Waals surface area contributed by atoms with Gasteiger partial charge in [0.1, 0.15) is 28.3 Å². The second kappa shape index (κ2) is 9.23. The van der Waals surface area contributed by atoms with Gasteiger partial charge in [-0.15, -0.1) is 0 Å². The molecule has 30 heavy (non-hydrogen) atoms. The number of hydrogen-bond acceptors (Lipinski definition) is 7. The van der Waals surface area contributed by atoms with Crippen molar-refractivity contribution in [1.29, 1.82) is 0 Å². The molecule has 0 aliphatic heterocycles. The van der Waals surface area contributed by atoms with E-state index < -0.39 is 10.9 Å². The van der Waals surface area contributed by atoms with Crippen molar-refractivity contribution in [2.24, 2.45) is 0 Å². The third-order valence-electron chi connectivity index (χ3n) is 4.18. The first kappa shape index (κ1) is 22.4. The highest BCUT2D eigenvalue weighted by Gasteiger charge is 2.27. The number of rotatable bonds is 7. The number of ether oxygens (including phenoxy) is 2. The first-order chi connectivity index (χ1) is 14.3. The predicted molar refractivity (Wildman–Crippen MR) is 120 cm³/mol. The number of nitro groups is 1. The molecule has 2 aromatic carbocycles. The summed E-state index contributed by atoms with van der Waals surface area (Å²) >= 11 is 12.7. The molecule has 0 saturated heterocycles. The third kappa shape index (κ3) is 4.26. The van der Waals surface area contributed by atoms with Gasteiger partial charge in [-0.05, 0) is 57.0 Å². The fourth-order valence-electron chi connectivity index (χ4n) is 2.93. The average Bonchev–Trinajstić information content (AvgIpc) is 3.05. The van der Waals surface area contributed by atoms with Gasteiger partial charge in [-0.25, -0.2) is 4.79 Å². The monoisotopic (exact) mass is 560 g/mol. The zero-order valence-electron chi connectivity index (χ0n) is 15.8. The molecule has 3 aromatic rings. The Morgan fingerprint density at radius 3 is 2.70 bits per heavy atom. The second-order valence-electron chi connectivity index (χ2n) is 5.97. The number of nitro benzene ring substituents is 1. The number of fused-ring (bicyclic) bond motifs is 1. The molecule has 0 bridgehead atoms. The Hall–Kier alpha value is -2.30. The second-order valence-corrected chi connectivity index (χ2v) is 8.06. The van der Waals surface area contributed by atoms with Crippen molar-refractivity contribution in [3.8, 4) is 5.75 Å². The molecule has 0 aliphatic carbocycles. The number of nitrogens with one attached hydrogen (secondary N) is 1. The number of carbonyl (C=O) groups excluding carboxylic acids is 1. The Balaban J connectivity index is 2.10.